The average molecular weight is 532 g/mol. The van der Waals surface area contributed by atoms with Crippen molar-refractivity contribution in [3.8, 4) is 5.75 Å². The van der Waals surface area contributed by atoms with Crippen LogP contribution in [0.1, 0.15) is 32.3 Å². The van der Waals surface area contributed by atoms with Crippen LogP contribution in [0.25, 0.3) is 0 Å². The Kier molecular flexibility index (Phi) is 10.6. The minimum absolute atomic E-state index is 0. The predicted octanol–water partition coefficient (Wildman–Crippen LogP) is 2.23. The lowest BCUT2D eigenvalue weighted by atomic mass is 10.1. The van der Waals surface area contributed by atoms with Crippen LogP contribution in [0.2, 0.25) is 0 Å². The van der Waals surface area contributed by atoms with Gasteiger partial charge in [-0.15, -0.1) is 24.0 Å². The number of β-amino-alcohol motifs (C(OH)–C–C–N with tert-alkyl or cyclic N) is 1. The summed E-state index contributed by atoms with van der Waals surface area (Å²) in [5, 5.41) is 17.3. The highest BCUT2D eigenvalue weighted by Crippen LogP contribution is 2.30. The predicted molar refractivity (Wildman–Crippen MR) is 131 cm³/mol. The van der Waals surface area contributed by atoms with E-state index in [0.717, 1.165) is 56.7 Å². The first kappa shape index (κ1) is 25.2. The molecule has 7 nitrogen and oxygen atoms in total. The maximum Gasteiger partial charge on any atom is 0.191 e. The largest absolute Gasteiger partial charge is 0.493 e. The van der Waals surface area contributed by atoms with Gasteiger partial charge < -0.3 is 25.2 Å². The molecule has 8 heteroatoms. The zero-order valence-electron chi connectivity index (χ0n) is 18.2. The Bertz CT molecular complexity index is 662. The molecular weight excluding hydrogens is 495 g/mol. The Hall–Kier alpha value is -1.10. The molecule has 1 saturated carbocycles. The van der Waals surface area contributed by atoms with E-state index in [1.54, 1.807) is 0 Å². The monoisotopic (exact) mass is 532 g/mol. The van der Waals surface area contributed by atoms with Gasteiger partial charge in [-0.25, -0.2) is 4.99 Å². The van der Waals surface area contributed by atoms with Gasteiger partial charge in [0.05, 0.1) is 32.0 Å². The number of nitrogens with one attached hydrogen (secondary N) is 2. The molecule has 0 spiro atoms. The lowest BCUT2D eigenvalue weighted by molar-refractivity contribution is -0.0201. The van der Waals surface area contributed by atoms with E-state index in [0.29, 0.717) is 25.6 Å². The quantitative estimate of drug-likeness (QED) is 0.244. The van der Waals surface area contributed by atoms with Crippen molar-refractivity contribution in [1.29, 1.82) is 0 Å². The van der Waals surface area contributed by atoms with Crippen molar-refractivity contribution in [1.82, 2.24) is 15.5 Å². The average Bonchev–Trinajstić information content (AvgIpc) is 3.54. The van der Waals surface area contributed by atoms with Gasteiger partial charge in [-0.05, 0) is 38.7 Å². The van der Waals surface area contributed by atoms with Crippen LogP contribution in [-0.2, 0) is 11.3 Å². The normalized spacial score (nSPS) is 19.5. The molecule has 1 aliphatic heterocycles. The summed E-state index contributed by atoms with van der Waals surface area (Å²) in [6.45, 7) is 10.2. The summed E-state index contributed by atoms with van der Waals surface area (Å²) >= 11 is 0. The van der Waals surface area contributed by atoms with Gasteiger partial charge in [0.2, 0.25) is 0 Å². The molecule has 2 aliphatic rings. The van der Waals surface area contributed by atoms with Gasteiger partial charge in [0, 0.05) is 38.3 Å². The summed E-state index contributed by atoms with van der Waals surface area (Å²) in [5.74, 6) is 2.34. The van der Waals surface area contributed by atoms with E-state index in [4.69, 9.17) is 14.5 Å². The van der Waals surface area contributed by atoms with Crippen LogP contribution < -0.4 is 15.4 Å². The number of ether oxygens (including phenoxy) is 2. The third-order valence-electron chi connectivity index (χ3n) is 5.20. The second-order valence-electron chi connectivity index (χ2n) is 8.30. The van der Waals surface area contributed by atoms with E-state index >= 15 is 0 Å². The summed E-state index contributed by atoms with van der Waals surface area (Å²) in [7, 11) is 0. The van der Waals surface area contributed by atoms with Gasteiger partial charge in [-0.1, -0.05) is 18.2 Å². The van der Waals surface area contributed by atoms with Crippen LogP contribution in [0.5, 0.6) is 5.75 Å². The molecule has 1 heterocycles. The molecule has 0 radical (unpaired) electrons. The first-order valence-corrected chi connectivity index (χ1v) is 10.8. The summed E-state index contributed by atoms with van der Waals surface area (Å²) < 4.78 is 11.4. The van der Waals surface area contributed by atoms with Gasteiger partial charge in [0.25, 0.3) is 0 Å². The molecule has 1 aromatic rings. The molecule has 1 saturated heterocycles. The van der Waals surface area contributed by atoms with Crippen molar-refractivity contribution in [2.45, 2.75) is 38.8 Å². The summed E-state index contributed by atoms with van der Waals surface area (Å²) in [6, 6.07) is 8.09. The highest BCUT2D eigenvalue weighted by molar-refractivity contribution is 14.0. The second-order valence-corrected chi connectivity index (χ2v) is 8.30. The molecule has 3 rings (SSSR count). The smallest absolute Gasteiger partial charge is 0.191 e. The van der Waals surface area contributed by atoms with Crippen molar-refractivity contribution < 1.29 is 14.6 Å². The van der Waals surface area contributed by atoms with E-state index in [-0.39, 0.29) is 24.0 Å². The number of halogens is 1. The van der Waals surface area contributed by atoms with Crippen LogP contribution >= 0.6 is 24.0 Å². The van der Waals surface area contributed by atoms with Crippen LogP contribution in [0.3, 0.4) is 0 Å². The number of nitrogens with zero attached hydrogens (tertiary/aromatic N) is 2. The Labute approximate surface area is 197 Å². The Morgan fingerprint density at radius 1 is 1.27 bits per heavy atom. The number of benzene rings is 1. The van der Waals surface area contributed by atoms with Crippen molar-refractivity contribution in [3.05, 3.63) is 29.8 Å². The van der Waals surface area contributed by atoms with Crippen LogP contribution in [0.15, 0.2) is 29.3 Å². The fourth-order valence-corrected chi connectivity index (χ4v) is 3.34. The van der Waals surface area contributed by atoms with Crippen molar-refractivity contribution in [2.75, 3.05) is 52.5 Å². The lowest BCUT2D eigenvalue weighted by Crippen LogP contribution is -2.52. The molecule has 170 valence electrons. The number of morpholine rings is 1. The maximum absolute atomic E-state index is 10.8. The van der Waals surface area contributed by atoms with E-state index in [2.05, 4.69) is 21.6 Å². The van der Waals surface area contributed by atoms with E-state index < -0.39 is 5.60 Å². The molecule has 1 aromatic carbocycles. The SMILES string of the molecule is CCNC(=NCc1ccccc1OCC1CC1)NCC(C)(O)CN1CCOCC1.I. The number of aliphatic hydroxyl groups is 1. The van der Waals surface area contributed by atoms with Gasteiger partial charge in [0.15, 0.2) is 5.96 Å². The molecule has 0 amide bonds. The third-order valence-corrected chi connectivity index (χ3v) is 5.20. The molecule has 3 N–H and O–H groups in total. The zero-order valence-corrected chi connectivity index (χ0v) is 20.6. The summed E-state index contributed by atoms with van der Waals surface area (Å²) in [4.78, 5) is 6.95. The third kappa shape index (κ3) is 8.95. The molecule has 30 heavy (non-hydrogen) atoms. The second kappa shape index (κ2) is 12.7. The van der Waals surface area contributed by atoms with Crippen LogP contribution in [-0.4, -0.2) is 74.1 Å². The highest BCUT2D eigenvalue weighted by Gasteiger charge is 2.25. The van der Waals surface area contributed by atoms with Crippen LogP contribution in [0, 0.1) is 5.92 Å². The topological polar surface area (TPSA) is 78.4 Å². The van der Waals surface area contributed by atoms with E-state index in [1.807, 2.05) is 32.0 Å². The standard InChI is InChI=1S/C22H36N4O3.HI/c1-3-23-21(25-16-22(2,27)17-26-10-12-28-13-11-26)24-14-19-6-4-5-7-20(19)29-15-18-8-9-18;/h4-7,18,27H,3,8-17H2,1-2H3,(H2,23,24,25);1H. The molecule has 0 bridgehead atoms. The number of hydrogen-bond acceptors (Lipinski definition) is 5. The number of guanidine groups is 1. The summed E-state index contributed by atoms with van der Waals surface area (Å²) in [5.41, 5.74) is 0.226. The molecule has 1 unspecified atom stereocenters. The lowest BCUT2D eigenvalue weighted by Gasteiger charge is -2.34. The van der Waals surface area contributed by atoms with Crippen molar-refractivity contribution in [3.63, 3.8) is 0 Å². The molecule has 2 fully saturated rings. The Balaban J connectivity index is 0.00000320. The first-order valence-electron chi connectivity index (χ1n) is 10.8. The highest BCUT2D eigenvalue weighted by atomic mass is 127. The van der Waals surface area contributed by atoms with Gasteiger partial charge in [0.1, 0.15) is 5.75 Å². The van der Waals surface area contributed by atoms with Crippen molar-refractivity contribution >= 4 is 29.9 Å². The van der Waals surface area contributed by atoms with Gasteiger partial charge in [-0.3, -0.25) is 4.90 Å². The molecule has 1 atom stereocenters. The molecule has 0 aromatic heterocycles. The fourth-order valence-electron chi connectivity index (χ4n) is 3.34. The zero-order chi connectivity index (χ0) is 20.5. The number of rotatable bonds is 10. The minimum atomic E-state index is -0.848. The maximum atomic E-state index is 10.8. The molecular formula is C22H37IN4O3. The van der Waals surface area contributed by atoms with Crippen molar-refractivity contribution in [2.24, 2.45) is 10.9 Å². The minimum Gasteiger partial charge on any atom is -0.493 e. The number of aliphatic imine (C=N–C) groups is 1. The van der Waals surface area contributed by atoms with E-state index in [1.165, 1.54) is 12.8 Å². The number of hydrogen-bond donors (Lipinski definition) is 3. The number of para-hydroxylation sites is 1. The van der Waals surface area contributed by atoms with Gasteiger partial charge >= 0.3 is 0 Å². The fraction of sp³-hybridized carbons (Fsp3) is 0.682. The Morgan fingerprint density at radius 2 is 2.00 bits per heavy atom. The van der Waals surface area contributed by atoms with Gasteiger partial charge in [-0.2, -0.15) is 0 Å². The van der Waals surface area contributed by atoms with Crippen LogP contribution in [0.4, 0.5) is 0 Å². The molecule has 1 aliphatic carbocycles. The summed E-state index contributed by atoms with van der Waals surface area (Å²) in [6.07, 6.45) is 2.55. The Morgan fingerprint density at radius 3 is 2.70 bits per heavy atom. The van der Waals surface area contributed by atoms with E-state index in [9.17, 15) is 5.11 Å². The first-order chi connectivity index (χ1) is 14.1.